The highest BCUT2D eigenvalue weighted by Gasteiger charge is 2.45. The third-order valence-corrected chi connectivity index (χ3v) is 17.2. The standard InChI is InChI=1S/C32H50N2S4/c1-9-13-15-17-21-38(22-18-16-14-10-2)28-25(26-29(38)34-30(37-26)32(7,8)12-4)36-27(33-28)23-19-20-24(35-23)31(5,6)11-3/h19-20H,9-18,21-22H2,1-8H3. The number of nitrogens with zero attached hydrogens (tertiary/aromatic N) is 2. The first-order valence-electron chi connectivity index (χ1n) is 15.1. The fourth-order valence-electron chi connectivity index (χ4n) is 5.10. The molecule has 0 radical (unpaired) electrons. The SMILES string of the molecule is CCCCCCS1(CCCCCC)c2nc(-c3ccc(C(C)(C)CC)s3)sc2-c2sc(C(C)(C)CC)nc21. The van der Waals surface area contributed by atoms with Crippen molar-refractivity contribution in [2.75, 3.05) is 11.5 Å². The van der Waals surface area contributed by atoms with E-state index in [1.807, 2.05) is 34.0 Å². The minimum absolute atomic E-state index is 0.132. The van der Waals surface area contributed by atoms with Crippen LogP contribution >= 0.6 is 44.0 Å². The van der Waals surface area contributed by atoms with Crippen LogP contribution in [0, 0.1) is 0 Å². The van der Waals surface area contributed by atoms with Crippen LogP contribution in [0.3, 0.4) is 0 Å². The molecule has 0 unspecified atom stereocenters. The summed E-state index contributed by atoms with van der Waals surface area (Å²) >= 11 is 5.91. The molecule has 0 spiro atoms. The van der Waals surface area contributed by atoms with Crippen LogP contribution in [-0.4, -0.2) is 21.5 Å². The Morgan fingerprint density at radius 2 is 1.24 bits per heavy atom. The van der Waals surface area contributed by atoms with Gasteiger partial charge in [0.1, 0.15) is 20.1 Å². The van der Waals surface area contributed by atoms with Crippen molar-refractivity contribution in [1.29, 1.82) is 0 Å². The Balaban J connectivity index is 1.81. The number of rotatable bonds is 15. The number of hydrogen-bond donors (Lipinski definition) is 0. The summed E-state index contributed by atoms with van der Waals surface area (Å²) in [6.07, 6.45) is 12.8. The molecule has 0 aromatic carbocycles. The van der Waals surface area contributed by atoms with Crippen LogP contribution in [-0.2, 0) is 10.8 Å². The molecule has 0 saturated carbocycles. The fourth-order valence-corrected chi connectivity index (χ4v) is 14.0. The third kappa shape index (κ3) is 5.85. The van der Waals surface area contributed by atoms with Crippen LogP contribution in [0.2, 0.25) is 0 Å². The normalized spacial score (nSPS) is 15.6. The minimum atomic E-state index is -1.20. The molecule has 1 aliphatic rings. The van der Waals surface area contributed by atoms with E-state index in [1.165, 1.54) is 102 Å². The summed E-state index contributed by atoms with van der Waals surface area (Å²) in [5.74, 6) is 2.55. The van der Waals surface area contributed by atoms with Crippen LogP contribution in [0.25, 0.3) is 19.6 Å². The summed E-state index contributed by atoms with van der Waals surface area (Å²) in [7, 11) is -1.20. The zero-order valence-corrected chi connectivity index (χ0v) is 28.4. The van der Waals surface area contributed by atoms with Crippen LogP contribution in [0.4, 0.5) is 0 Å². The van der Waals surface area contributed by atoms with Crippen molar-refractivity contribution in [3.05, 3.63) is 22.0 Å². The average molecular weight is 591 g/mol. The second-order valence-corrected chi connectivity index (χ2v) is 18.8. The van der Waals surface area contributed by atoms with Crippen LogP contribution in [0.15, 0.2) is 22.2 Å². The number of thiophene rings is 1. The Labute approximate surface area is 246 Å². The Morgan fingerprint density at radius 3 is 1.82 bits per heavy atom. The lowest BCUT2D eigenvalue weighted by Crippen LogP contribution is -2.16. The first-order chi connectivity index (χ1) is 18.1. The van der Waals surface area contributed by atoms with Gasteiger partial charge in [-0.15, -0.1) is 34.0 Å². The lowest BCUT2D eigenvalue weighted by atomic mass is 9.89. The molecule has 2 nitrogen and oxygen atoms in total. The molecule has 0 amide bonds. The van der Waals surface area contributed by atoms with E-state index >= 15 is 0 Å². The van der Waals surface area contributed by atoms with Crippen LogP contribution in [0.1, 0.15) is 129 Å². The van der Waals surface area contributed by atoms with Crippen molar-refractivity contribution in [2.24, 2.45) is 0 Å². The highest BCUT2D eigenvalue weighted by atomic mass is 32.3. The molecule has 4 heterocycles. The van der Waals surface area contributed by atoms with E-state index in [4.69, 9.17) is 9.97 Å². The quantitative estimate of drug-likeness (QED) is 0.165. The molecular weight excluding hydrogens is 541 g/mol. The van der Waals surface area contributed by atoms with E-state index in [0.29, 0.717) is 0 Å². The maximum Gasteiger partial charge on any atom is 0.135 e. The van der Waals surface area contributed by atoms with Crippen molar-refractivity contribution in [1.82, 2.24) is 9.97 Å². The molecular formula is C32H50N2S4. The van der Waals surface area contributed by atoms with E-state index in [1.54, 1.807) is 0 Å². The van der Waals surface area contributed by atoms with Gasteiger partial charge >= 0.3 is 0 Å². The molecule has 4 rings (SSSR count). The van der Waals surface area contributed by atoms with Crippen molar-refractivity contribution in [3.8, 4) is 19.6 Å². The second kappa shape index (κ2) is 12.4. The Hall–Kier alpha value is -0.690. The Kier molecular flexibility index (Phi) is 9.92. The molecule has 0 fully saturated rings. The molecule has 38 heavy (non-hydrogen) atoms. The van der Waals surface area contributed by atoms with E-state index in [9.17, 15) is 0 Å². The largest absolute Gasteiger partial charge is 0.235 e. The van der Waals surface area contributed by atoms with Gasteiger partial charge in [-0.25, -0.2) is 9.97 Å². The highest BCUT2D eigenvalue weighted by molar-refractivity contribution is 8.34. The molecule has 3 aromatic rings. The lowest BCUT2D eigenvalue weighted by Gasteiger charge is -2.35. The van der Waals surface area contributed by atoms with E-state index in [-0.39, 0.29) is 10.8 Å². The van der Waals surface area contributed by atoms with Crippen LogP contribution in [0.5, 0.6) is 0 Å². The maximum atomic E-state index is 5.57. The number of thiazole rings is 2. The van der Waals surface area contributed by atoms with Crippen molar-refractivity contribution >= 4 is 44.0 Å². The molecule has 0 aliphatic carbocycles. The van der Waals surface area contributed by atoms with Gasteiger partial charge in [0.2, 0.25) is 0 Å². The smallest absolute Gasteiger partial charge is 0.135 e. The van der Waals surface area contributed by atoms with Gasteiger partial charge in [-0.2, -0.15) is 10.0 Å². The first-order valence-corrected chi connectivity index (χ1v) is 19.5. The molecule has 6 heteroatoms. The van der Waals surface area contributed by atoms with Gasteiger partial charge in [0, 0.05) is 10.3 Å². The van der Waals surface area contributed by atoms with Gasteiger partial charge in [-0.1, -0.05) is 93.9 Å². The summed E-state index contributed by atoms with van der Waals surface area (Å²) in [6, 6.07) is 4.69. The number of aromatic nitrogens is 2. The number of fused-ring (bicyclic) bond motifs is 3. The number of hydrogen-bond acceptors (Lipinski definition) is 5. The lowest BCUT2D eigenvalue weighted by molar-refractivity contribution is 0.500. The van der Waals surface area contributed by atoms with Crippen molar-refractivity contribution in [2.45, 2.75) is 140 Å². The molecule has 3 aromatic heterocycles. The summed E-state index contributed by atoms with van der Waals surface area (Å²) in [5, 5.41) is 5.50. The summed E-state index contributed by atoms with van der Waals surface area (Å²) < 4.78 is 0. The predicted molar refractivity (Wildman–Crippen MR) is 175 cm³/mol. The maximum absolute atomic E-state index is 5.57. The Bertz CT molecular complexity index is 1180. The zero-order chi connectivity index (χ0) is 27.6. The van der Waals surface area contributed by atoms with Crippen molar-refractivity contribution in [3.63, 3.8) is 0 Å². The number of unbranched alkanes of at least 4 members (excludes halogenated alkanes) is 6. The summed E-state index contributed by atoms with van der Waals surface area (Å²) in [6.45, 7) is 18.7. The van der Waals surface area contributed by atoms with Gasteiger partial charge in [-0.05, 0) is 54.7 Å². The summed E-state index contributed by atoms with van der Waals surface area (Å²) in [5.41, 5.74) is 0.356. The topological polar surface area (TPSA) is 25.8 Å². The third-order valence-electron chi connectivity index (χ3n) is 8.66. The van der Waals surface area contributed by atoms with Crippen molar-refractivity contribution < 1.29 is 0 Å². The van der Waals surface area contributed by atoms with Gasteiger partial charge in [-0.3, -0.25) is 0 Å². The molecule has 0 bridgehead atoms. The minimum Gasteiger partial charge on any atom is -0.235 e. The summed E-state index contributed by atoms with van der Waals surface area (Å²) in [4.78, 5) is 16.9. The van der Waals surface area contributed by atoms with Gasteiger partial charge in [0.25, 0.3) is 0 Å². The average Bonchev–Trinajstić information content (AvgIpc) is 3.68. The highest BCUT2D eigenvalue weighted by Crippen LogP contribution is 2.74. The first kappa shape index (κ1) is 30.3. The predicted octanol–water partition coefficient (Wildman–Crippen LogP) is 12.1. The zero-order valence-electron chi connectivity index (χ0n) is 25.2. The van der Waals surface area contributed by atoms with E-state index in [2.05, 4.69) is 67.5 Å². The molecule has 0 saturated heterocycles. The Morgan fingerprint density at radius 1 is 0.658 bits per heavy atom. The fraction of sp³-hybridized carbons (Fsp3) is 0.688. The van der Waals surface area contributed by atoms with E-state index < -0.39 is 10.0 Å². The second-order valence-electron chi connectivity index (χ2n) is 12.4. The molecule has 0 atom stereocenters. The molecule has 1 aliphatic heterocycles. The molecule has 212 valence electrons. The van der Waals surface area contributed by atoms with Crippen LogP contribution < -0.4 is 0 Å². The van der Waals surface area contributed by atoms with E-state index in [0.717, 1.165) is 12.8 Å². The van der Waals surface area contributed by atoms with Gasteiger partial charge in [0.15, 0.2) is 0 Å². The monoisotopic (exact) mass is 590 g/mol. The van der Waals surface area contributed by atoms with Gasteiger partial charge in [0.05, 0.1) is 14.6 Å². The molecule has 0 N–H and O–H groups in total. The van der Waals surface area contributed by atoms with Gasteiger partial charge < -0.3 is 0 Å².